The number of hydrogen-bond donors (Lipinski definition) is 0. The van der Waals surface area contributed by atoms with Crippen LogP contribution in [0.2, 0.25) is 0 Å². The molecule has 0 atom stereocenters. The van der Waals surface area contributed by atoms with Gasteiger partial charge >= 0.3 is 11.7 Å². The van der Waals surface area contributed by atoms with Crippen LogP contribution in [0.15, 0.2) is 47.2 Å². The number of carbonyl (C=O) groups is 1. The highest BCUT2D eigenvalue weighted by atomic mass is 16.6. The van der Waals surface area contributed by atoms with Gasteiger partial charge in [0.1, 0.15) is 5.75 Å². The Bertz CT molecular complexity index is 975. The number of hydrogen-bond acceptors (Lipinski definition) is 10. The van der Waals surface area contributed by atoms with Gasteiger partial charge in [0.25, 0.3) is 5.89 Å². The third-order valence-electron chi connectivity index (χ3n) is 3.45. The van der Waals surface area contributed by atoms with Crippen molar-refractivity contribution < 1.29 is 28.5 Å². The van der Waals surface area contributed by atoms with E-state index in [0.717, 1.165) is 0 Å². The van der Waals surface area contributed by atoms with Crippen molar-refractivity contribution in [3.05, 3.63) is 58.7 Å². The van der Waals surface area contributed by atoms with Gasteiger partial charge in [0.05, 0.1) is 12.0 Å². The van der Waals surface area contributed by atoms with Crippen molar-refractivity contribution in [2.45, 2.75) is 6.61 Å². The first-order valence-electron chi connectivity index (χ1n) is 7.90. The van der Waals surface area contributed by atoms with Gasteiger partial charge < -0.3 is 18.7 Å². The van der Waals surface area contributed by atoms with E-state index in [9.17, 15) is 14.9 Å². The van der Waals surface area contributed by atoms with E-state index in [-0.39, 0.29) is 29.7 Å². The molecular formula is C17H14N4O7. The molecule has 0 saturated heterocycles. The number of nitro groups is 1. The lowest BCUT2D eigenvalue weighted by Crippen LogP contribution is -2.15. The number of ether oxygens (including phenoxy) is 3. The summed E-state index contributed by atoms with van der Waals surface area (Å²) in [6.45, 7) is -0.635. The summed E-state index contributed by atoms with van der Waals surface area (Å²) in [5.74, 6) is -0.00302. The van der Waals surface area contributed by atoms with Crippen LogP contribution in [0.5, 0.6) is 11.5 Å². The molecule has 0 amide bonds. The van der Waals surface area contributed by atoms with Crippen molar-refractivity contribution in [3.8, 4) is 22.9 Å². The van der Waals surface area contributed by atoms with Crippen molar-refractivity contribution in [1.29, 1.82) is 0 Å². The highest BCUT2D eigenvalue weighted by molar-refractivity contribution is 5.71. The molecule has 2 aromatic heterocycles. The van der Waals surface area contributed by atoms with Crippen LogP contribution in [-0.4, -0.2) is 39.7 Å². The second-order valence-corrected chi connectivity index (χ2v) is 5.29. The van der Waals surface area contributed by atoms with Crippen LogP contribution < -0.4 is 9.47 Å². The van der Waals surface area contributed by atoms with Crippen LogP contribution in [-0.2, 0) is 16.1 Å². The number of methoxy groups -OCH3 is 1. The van der Waals surface area contributed by atoms with E-state index >= 15 is 0 Å². The molecule has 11 heteroatoms. The summed E-state index contributed by atoms with van der Waals surface area (Å²) in [7, 11) is 1.30. The summed E-state index contributed by atoms with van der Waals surface area (Å²) < 4.78 is 20.2. The van der Waals surface area contributed by atoms with E-state index in [0.29, 0.717) is 11.4 Å². The first kappa shape index (κ1) is 18.8. The largest absolute Gasteiger partial charge is 0.490 e. The van der Waals surface area contributed by atoms with Gasteiger partial charge in [-0.15, -0.1) is 0 Å². The number of nitro benzene ring substituents is 1. The average molecular weight is 386 g/mol. The first-order chi connectivity index (χ1) is 13.6. The van der Waals surface area contributed by atoms with Crippen LogP contribution in [0.4, 0.5) is 5.69 Å². The minimum Gasteiger partial charge on any atom is -0.490 e. The van der Waals surface area contributed by atoms with E-state index in [2.05, 4.69) is 15.1 Å². The van der Waals surface area contributed by atoms with Crippen molar-refractivity contribution in [1.82, 2.24) is 15.1 Å². The molecule has 28 heavy (non-hydrogen) atoms. The molecule has 1 aromatic carbocycles. The zero-order valence-electron chi connectivity index (χ0n) is 14.6. The Labute approximate surface area is 158 Å². The molecule has 0 aliphatic heterocycles. The normalized spacial score (nSPS) is 10.3. The van der Waals surface area contributed by atoms with Crippen LogP contribution in [0.3, 0.4) is 0 Å². The highest BCUT2D eigenvalue weighted by Gasteiger charge is 2.16. The third-order valence-corrected chi connectivity index (χ3v) is 3.45. The SMILES string of the molecule is COc1cc(OCC(=O)OCc2nc(-c3cccnc3)no2)ccc1[N+](=O)[O-]. The molecule has 0 radical (unpaired) electrons. The van der Waals surface area contributed by atoms with Gasteiger partial charge in [-0.3, -0.25) is 15.1 Å². The highest BCUT2D eigenvalue weighted by Crippen LogP contribution is 2.30. The van der Waals surface area contributed by atoms with Gasteiger partial charge in [0, 0.05) is 30.1 Å². The molecule has 0 bridgehead atoms. The standard InChI is InChI=1S/C17H14N4O7/c1-25-14-7-12(4-5-13(14)21(23)24)26-10-16(22)27-9-15-19-17(20-28-15)11-3-2-6-18-8-11/h2-8H,9-10H2,1H3. The Morgan fingerprint density at radius 1 is 1.32 bits per heavy atom. The van der Waals surface area contributed by atoms with Gasteiger partial charge in [0.15, 0.2) is 13.2 Å². The van der Waals surface area contributed by atoms with Crippen LogP contribution in [0.25, 0.3) is 11.4 Å². The monoisotopic (exact) mass is 386 g/mol. The quantitative estimate of drug-likeness (QED) is 0.321. The van der Waals surface area contributed by atoms with Gasteiger partial charge in [-0.05, 0) is 18.2 Å². The minimum absolute atomic E-state index is 0.0182. The summed E-state index contributed by atoms with van der Waals surface area (Å²) in [5, 5.41) is 14.6. The number of aromatic nitrogens is 3. The second-order valence-electron chi connectivity index (χ2n) is 5.29. The fourth-order valence-corrected chi connectivity index (χ4v) is 2.15. The molecule has 0 unspecified atom stereocenters. The number of carbonyl (C=O) groups excluding carboxylic acids is 1. The van der Waals surface area contributed by atoms with E-state index in [1.165, 1.54) is 25.3 Å². The lowest BCUT2D eigenvalue weighted by molar-refractivity contribution is -0.385. The van der Waals surface area contributed by atoms with Crippen molar-refractivity contribution in [3.63, 3.8) is 0 Å². The molecule has 0 spiro atoms. The zero-order valence-corrected chi connectivity index (χ0v) is 14.6. The second kappa shape index (κ2) is 8.58. The van der Waals surface area contributed by atoms with Gasteiger partial charge in [-0.25, -0.2) is 4.79 Å². The van der Waals surface area contributed by atoms with Crippen molar-refractivity contribution in [2.24, 2.45) is 0 Å². The van der Waals surface area contributed by atoms with E-state index in [1.807, 2.05) is 0 Å². The predicted octanol–water partition coefficient (Wildman–Crippen LogP) is 2.17. The molecular weight excluding hydrogens is 372 g/mol. The topological polar surface area (TPSA) is 140 Å². The molecule has 3 aromatic rings. The number of nitrogens with zero attached hydrogens (tertiary/aromatic N) is 4. The van der Waals surface area contributed by atoms with E-state index in [4.69, 9.17) is 18.7 Å². The lowest BCUT2D eigenvalue weighted by atomic mass is 10.3. The van der Waals surface area contributed by atoms with E-state index < -0.39 is 17.5 Å². The molecule has 11 nitrogen and oxygen atoms in total. The maximum Gasteiger partial charge on any atom is 0.344 e. The smallest absolute Gasteiger partial charge is 0.344 e. The Hall–Kier alpha value is -4.02. The summed E-state index contributed by atoms with van der Waals surface area (Å²) in [4.78, 5) is 30.1. The predicted molar refractivity (Wildman–Crippen MR) is 92.5 cm³/mol. The first-order valence-corrected chi connectivity index (χ1v) is 7.90. The van der Waals surface area contributed by atoms with Crippen LogP contribution >= 0.6 is 0 Å². The molecule has 3 rings (SSSR count). The number of rotatable bonds is 8. The van der Waals surface area contributed by atoms with Gasteiger partial charge in [-0.1, -0.05) is 5.16 Å². The summed E-state index contributed by atoms with van der Waals surface area (Å²) in [5.41, 5.74) is 0.456. The Kier molecular flexibility index (Phi) is 5.75. The Morgan fingerprint density at radius 2 is 2.18 bits per heavy atom. The Balaban J connectivity index is 1.51. The van der Waals surface area contributed by atoms with Crippen LogP contribution in [0.1, 0.15) is 5.89 Å². The fourth-order valence-electron chi connectivity index (χ4n) is 2.15. The zero-order chi connectivity index (χ0) is 19.9. The van der Waals surface area contributed by atoms with Crippen molar-refractivity contribution >= 4 is 11.7 Å². The molecule has 0 N–H and O–H groups in total. The molecule has 0 fully saturated rings. The molecule has 144 valence electrons. The number of benzene rings is 1. The fraction of sp³-hybridized carbons (Fsp3) is 0.176. The summed E-state index contributed by atoms with van der Waals surface area (Å²) in [6.07, 6.45) is 3.19. The van der Waals surface area contributed by atoms with E-state index in [1.54, 1.807) is 24.5 Å². The molecule has 0 aliphatic carbocycles. The lowest BCUT2D eigenvalue weighted by Gasteiger charge is -2.07. The number of pyridine rings is 1. The van der Waals surface area contributed by atoms with Gasteiger partial charge in [0.2, 0.25) is 11.6 Å². The van der Waals surface area contributed by atoms with Crippen LogP contribution in [0, 0.1) is 10.1 Å². The third kappa shape index (κ3) is 4.58. The maximum absolute atomic E-state index is 11.8. The number of esters is 1. The molecule has 0 saturated carbocycles. The minimum atomic E-state index is -0.682. The van der Waals surface area contributed by atoms with Crippen molar-refractivity contribution in [2.75, 3.05) is 13.7 Å². The summed E-state index contributed by atoms with van der Waals surface area (Å²) >= 11 is 0. The maximum atomic E-state index is 11.8. The Morgan fingerprint density at radius 3 is 2.89 bits per heavy atom. The van der Waals surface area contributed by atoms with Gasteiger partial charge in [-0.2, -0.15) is 4.98 Å². The average Bonchev–Trinajstić information content (AvgIpc) is 3.20. The summed E-state index contributed by atoms with van der Waals surface area (Å²) in [6, 6.07) is 7.38. The molecule has 0 aliphatic rings. The molecule has 2 heterocycles.